The van der Waals surface area contributed by atoms with Crippen molar-refractivity contribution < 1.29 is 19.8 Å². The van der Waals surface area contributed by atoms with Crippen LogP contribution >= 0.6 is 23.2 Å². The molecule has 2 aliphatic rings. The van der Waals surface area contributed by atoms with Gasteiger partial charge in [0, 0.05) is 50.8 Å². The van der Waals surface area contributed by atoms with Gasteiger partial charge in [-0.15, -0.1) is 0 Å². The first-order valence-corrected chi connectivity index (χ1v) is 12.2. The molecule has 3 rings (SSSR count). The van der Waals surface area contributed by atoms with Crippen molar-refractivity contribution in [3.63, 3.8) is 0 Å². The average Bonchev–Trinajstić information content (AvgIpc) is 3.05. The second-order valence-electron chi connectivity index (χ2n) is 9.11. The Morgan fingerprint density at radius 1 is 1.21 bits per heavy atom. The zero-order valence-electron chi connectivity index (χ0n) is 19.1. The highest BCUT2D eigenvalue weighted by atomic mass is 35.5. The predicted molar refractivity (Wildman–Crippen MR) is 130 cm³/mol. The molecule has 0 spiro atoms. The molecule has 2 atom stereocenters. The van der Waals surface area contributed by atoms with E-state index in [1.807, 2.05) is 6.92 Å². The van der Waals surface area contributed by atoms with Gasteiger partial charge >= 0.3 is 0 Å². The number of aliphatic hydroxyl groups is 2. The number of hydrogen-bond acceptors (Lipinski definition) is 5. The molecule has 2 aliphatic heterocycles. The number of rotatable bonds is 8. The third kappa shape index (κ3) is 6.93. The lowest BCUT2D eigenvalue weighted by atomic mass is 10.00. The highest BCUT2D eigenvalue weighted by Crippen LogP contribution is 2.28. The lowest BCUT2D eigenvalue weighted by molar-refractivity contribution is -0.130. The first-order chi connectivity index (χ1) is 15.7. The lowest BCUT2D eigenvalue weighted by Gasteiger charge is -2.35. The Labute approximate surface area is 205 Å². The minimum atomic E-state index is -0.572. The van der Waals surface area contributed by atoms with Gasteiger partial charge in [-0.3, -0.25) is 14.5 Å². The van der Waals surface area contributed by atoms with Crippen molar-refractivity contribution >= 4 is 41.1 Å². The summed E-state index contributed by atoms with van der Waals surface area (Å²) >= 11 is 11.9. The van der Waals surface area contributed by atoms with Crippen molar-refractivity contribution in [2.45, 2.75) is 44.2 Å². The number of aliphatic hydroxyl groups excluding tert-OH is 2. The van der Waals surface area contributed by atoms with Crippen LogP contribution in [0.25, 0.3) is 6.08 Å². The SMILES string of the molecule is CC1(CO)CCCN1CC(O)CCN1CCN(C(=O)C=Cc2ccc(Cl)c(Cl)c2)CCC1=O. The molecule has 7 nitrogen and oxygen atoms in total. The first kappa shape index (κ1) is 26.0. The van der Waals surface area contributed by atoms with Crippen LogP contribution in [0.5, 0.6) is 0 Å². The van der Waals surface area contributed by atoms with E-state index in [0.29, 0.717) is 49.2 Å². The fourth-order valence-electron chi connectivity index (χ4n) is 4.43. The Morgan fingerprint density at radius 3 is 2.73 bits per heavy atom. The molecule has 1 aromatic rings. The molecule has 182 valence electrons. The second-order valence-corrected chi connectivity index (χ2v) is 9.92. The van der Waals surface area contributed by atoms with Crippen LogP contribution in [0.4, 0.5) is 0 Å². The number of halogens is 2. The maximum absolute atomic E-state index is 12.6. The van der Waals surface area contributed by atoms with E-state index >= 15 is 0 Å². The topological polar surface area (TPSA) is 84.3 Å². The fraction of sp³-hybridized carbons (Fsp3) is 0.583. The van der Waals surface area contributed by atoms with Gasteiger partial charge in [0.25, 0.3) is 0 Å². The zero-order chi connectivity index (χ0) is 24.0. The minimum absolute atomic E-state index is 0.00710. The highest BCUT2D eigenvalue weighted by molar-refractivity contribution is 6.42. The molecule has 0 bridgehead atoms. The Balaban J connectivity index is 1.48. The lowest BCUT2D eigenvalue weighted by Crippen LogP contribution is -2.48. The van der Waals surface area contributed by atoms with Gasteiger partial charge in [0.2, 0.25) is 11.8 Å². The number of nitrogens with zero attached hydrogens (tertiary/aromatic N) is 3. The third-order valence-electron chi connectivity index (χ3n) is 6.67. The van der Waals surface area contributed by atoms with Crippen molar-refractivity contribution in [2.24, 2.45) is 0 Å². The van der Waals surface area contributed by atoms with Crippen LogP contribution in [-0.2, 0) is 9.59 Å². The van der Waals surface area contributed by atoms with E-state index in [1.165, 1.54) is 6.08 Å². The van der Waals surface area contributed by atoms with E-state index in [2.05, 4.69) is 4.90 Å². The monoisotopic (exact) mass is 497 g/mol. The maximum atomic E-state index is 12.6. The van der Waals surface area contributed by atoms with E-state index in [9.17, 15) is 19.8 Å². The minimum Gasteiger partial charge on any atom is -0.394 e. The van der Waals surface area contributed by atoms with E-state index in [4.69, 9.17) is 23.2 Å². The van der Waals surface area contributed by atoms with Crippen LogP contribution in [0, 0.1) is 0 Å². The fourth-order valence-corrected chi connectivity index (χ4v) is 4.74. The molecule has 9 heteroatoms. The number of β-amino-alcohol motifs (C(OH)–C–C–N with tert-alkyl or cyclic N) is 1. The van der Waals surface area contributed by atoms with E-state index in [-0.39, 0.29) is 30.4 Å². The normalized spacial score (nSPS) is 23.4. The van der Waals surface area contributed by atoms with Crippen LogP contribution in [0.15, 0.2) is 24.3 Å². The number of likely N-dealkylation sites (tertiary alicyclic amines) is 1. The summed E-state index contributed by atoms with van der Waals surface area (Å²) in [4.78, 5) is 30.7. The van der Waals surface area contributed by atoms with Crippen molar-refractivity contribution in [2.75, 3.05) is 45.9 Å². The molecule has 2 fully saturated rings. The molecule has 0 saturated carbocycles. The Kier molecular flexibility index (Phi) is 9.18. The van der Waals surface area contributed by atoms with E-state index in [1.54, 1.807) is 34.1 Å². The molecule has 0 aliphatic carbocycles. The van der Waals surface area contributed by atoms with Crippen LogP contribution in [0.3, 0.4) is 0 Å². The summed E-state index contributed by atoms with van der Waals surface area (Å²) in [5.74, 6) is -0.166. The van der Waals surface area contributed by atoms with Gasteiger partial charge in [-0.25, -0.2) is 0 Å². The molecule has 2 N–H and O–H groups in total. The number of carbonyl (C=O) groups excluding carboxylic acids is 2. The predicted octanol–water partition coefficient (Wildman–Crippen LogP) is 2.67. The van der Waals surface area contributed by atoms with Gasteiger partial charge in [-0.05, 0) is 56.5 Å². The van der Waals surface area contributed by atoms with Gasteiger partial charge < -0.3 is 20.0 Å². The summed E-state index contributed by atoms with van der Waals surface area (Å²) < 4.78 is 0. The second kappa shape index (κ2) is 11.7. The first-order valence-electron chi connectivity index (χ1n) is 11.5. The molecule has 0 radical (unpaired) electrons. The largest absolute Gasteiger partial charge is 0.394 e. The Bertz CT molecular complexity index is 881. The van der Waals surface area contributed by atoms with Gasteiger partial charge in [0.05, 0.1) is 22.8 Å². The van der Waals surface area contributed by atoms with Crippen molar-refractivity contribution in [3.8, 4) is 0 Å². The van der Waals surface area contributed by atoms with Crippen molar-refractivity contribution in [1.82, 2.24) is 14.7 Å². The molecular weight excluding hydrogens is 465 g/mol. The third-order valence-corrected chi connectivity index (χ3v) is 7.41. The smallest absolute Gasteiger partial charge is 0.246 e. The van der Waals surface area contributed by atoms with Crippen LogP contribution < -0.4 is 0 Å². The number of amides is 2. The van der Waals surface area contributed by atoms with Gasteiger partial charge in [-0.1, -0.05) is 29.3 Å². The molecule has 2 heterocycles. The number of carbonyl (C=O) groups is 2. The van der Waals surface area contributed by atoms with Crippen LogP contribution in [0.2, 0.25) is 10.0 Å². The molecular formula is C24H33Cl2N3O4. The summed E-state index contributed by atoms with van der Waals surface area (Å²) in [6, 6.07) is 5.15. The summed E-state index contributed by atoms with van der Waals surface area (Å²) in [7, 11) is 0. The van der Waals surface area contributed by atoms with E-state index in [0.717, 1.165) is 24.9 Å². The Hall–Kier alpha value is -1.64. The molecule has 2 saturated heterocycles. The summed E-state index contributed by atoms with van der Waals surface area (Å²) in [6.45, 7) is 5.15. The van der Waals surface area contributed by atoms with Crippen LogP contribution in [-0.4, -0.2) is 94.2 Å². The summed E-state index contributed by atoms with van der Waals surface area (Å²) in [5, 5.41) is 21.1. The van der Waals surface area contributed by atoms with Crippen molar-refractivity contribution in [3.05, 3.63) is 39.9 Å². The van der Waals surface area contributed by atoms with E-state index < -0.39 is 6.10 Å². The molecule has 33 heavy (non-hydrogen) atoms. The molecule has 1 aromatic carbocycles. The molecule has 2 unspecified atom stereocenters. The standard InChI is InChI=1S/C24H33Cl2N3O4/c1-24(17-30)9-2-10-29(24)16-19(31)7-11-27-13-14-28(12-8-23(27)33)22(32)6-4-18-3-5-20(25)21(26)15-18/h3-6,15,19,30-31H,2,7-14,16-17H2,1H3. The zero-order valence-corrected chi connectivity index (χ0v) is 20.6. The van der Waals surface area contributed by atoms with Crippen molar-refractivity contribution in [1.29, 1.82) is 0 Å². The molecule has 2 amide bonds. The molecule has 0 aromatic heterocycles. The Morgan fingerprint density at radius 2 is 2.00 bits per heavy atom. The van der Waals surface area contributed by atoms with Gasteiger partial charge in [0.15, 0.2) is 0 Å². The highest BCUT2D eigenvalue weighted by Gasteiger charge is 2.36. The quantitative estimate of drug-likeness (QED) is 0.539. The number of hydrogen-bond donors (Lipinski definition) is 2. The van der Waals surface area contributed by atoms with Crippen LogP contribution in [0.1, 0.15) is 38.2 Å². The maximum Gasteiger partial charge on any atom is 0.246 e. The van der Waals surface area contributed by atoms with Gasteiger partial charge in [0.1, 0.15) is 0 Å². The average molecular weight is 498 g/mol. The van der Waals surface area contributed by atoms with Gasteiger partial charge in [-0.2, -0.15) is 0 Å². The summed E-state index contributed by atoms with van der Waals surface area (Å²) in [5.41, 5.74) is 0.500. The summed E-state index contributed by atoms with van der Waals surface area (Å²) in [6.07, 6.45) is 5.26. The number of benzene rings is 1.